The van der Waals surface area contributed by atoms with E-state index in [1.165, 1.54) is 22.3 Å². The van der Waals surface area contributed by atoms with Gasteiger partial charge in [-0.2, -0.15) is 0 Å². The van der Waals surface area contributed by atoms with Crippen LogP contribution in [0.25, 0.3) is 10.2 Å². The fraction of sp³-hybridized carbons (Fsp3) is 0.130. The molecule has 1 aliphatic heterocycles. The molecule has 1 amide bonds. The summed E-state index contributed by atoms with van der Waals surface area (Å²) in [4.78, 5) is 36.7. The molecule has 1 unspecified atom stereocenters. The van der Waals surface area contributed by atoms with E-state index in [9.17, 15) is 14.7 Å². The van der Waals surface area contributed by atoms with Gasteiger partial charge in [0.1, 0.15) is 17.6 Å². The van der Waals surface area contributed by atoms with E-state index < -0.39 is 23.5 Å². The van der Waals surface area contributed by atoms with Crippen molar-refractivity contribution in [3.63, 3.8) is 0 Å². The third kappa shape index (κ3) is 3.14. The van der Waals surface area contributed by atoms with Crippen LogP contribution in [0.4, 0.5) is 5.13 Å². The van der Waals surface area contributed by atoms with E-state index >= 15 is 0 Å². The highest BCUT2D eigenvalue weighted by molar-refractivity contribution is 7.22. The van der Waals surface area contributed by atoms with Crippen molar-refractivity contribution in [3.05, 3.63) is 83.3 Å². The molecule has 4 aromatic rings. The first-order valence-corrected chi connectivity index (χ1v) is 10.5. The van der Waals surface area contributed by atoms with E-state index in [-0.39, 0.29) is 11.3 Å². The standard InChI is InChI=1S/C23H17N3O5S/c1-12-6-9-16(31-12)20(27)18-19(15-5-3-4-10-24-15)26(22(29)21(18)28)23-25-14-8-7-13(30-2)11-17(14)32-23/h3-11,19,28H,1-2H3. The van der Waals surface area contributed by atoms with Crippen molar-refractivity contribution >= 4 is 38.4 Å². The zero-order valence-electron chi connectivity index (χ0n) is 17.1. The van der Waals surface area contributed by atoms with Gasteiger partial charge in [-0.15, -0.1) is 0 Å². The summed E-state index contributed by atoms with van der Waals surface area (Å²) in [5, 5.41) is 11.1. The highest BCUT2D eigenvalue weighted by atomic mass is 32.1. The fourth-order valence-corrected chi connectivity index (χ4v) is 4.68. The van der Waals surface area contributed by atoms with E-state index in [2.05, 4.69) is 9.97 Å². The Labute approximate surface area is 186 Å². The van der Waals surface area contributed by atoms with E-state index in [0.29, 0.717) is 27.9 Å². The summed E-state index contributed by atoms with van der Waals surface area (Å²) in [7, 11) is 1.57. The van der Waals surface area contributed by atoms with Crippen LogP contribution >= 0.6 is 11.3 Å². The zero-order valence-corrected chi connectivity index (χ0v) is 17.9. The lowest BCUT2D eigenvalue weighted by Gasteiger charge is -2.23. The second kappa shape index (κ2) is 7.61. The predicted molar refractivity (Wildman–Crippen MR) is 118 cm³/mol. The quantitative estimate of drug-likeness (QED) is 0.453. The third-order valence-corrected chi connectivity index (χ3v) is 6.19. The molecule has 0 fully saturated rings. The summed E-state index contributed by atoms with van der Waals surface area (Å²) >= 11 is 1.26. The van der Waals surface area contributed by atoms with Gasteiger partial charge in [0.05, 0.1) is 28.6 Å². The number of furan rings is 1. The Morgan fingerprint density at radius 3 is 2.75 bits per heavy atom. The first-order chi connectivity index (χ1) is 15.5. The van der Waals surface area contributed by atoms with Gasteiger partial charge in [0.2, 0.25) is 5.78 Å². The lowest BCUT2D eigenvalue weighted by atomic mass is 9.99. The molecule has 0 radical (unpaired) electrons. The number of methoxy groups -OCH3 is 1. The van der Waals surface area contributed by atoms with Crippen molar-refractivity contribution < 1.29 is 23.8 Å². The number of carbonyl (C=O) groups is 2. The first kappa shape index (κ1) is 20.0. The predicted octanol–water partition coefficient (Wildman–Crippen LogP) is 4.38. The molecular weight excluding hydrogens is 430 g/mol. The largest absolute Gasteiger partial charge is 0.503 e. The van der Waals surface area contributed by atoms with Gasteiger partial charge in [-0.05, 0) is 49.4 Å². The van der Waals surface area contributed by atoms with Gasteiger partial charge < -0.3 is 14.3 Å². The molecule has 3 aromatic heterocycles. The van der Waals surface area contributed by atoms with E-state index in [4.69, 9.17) is 9.15 Å². The summed E-state index contributed by atoms with van der Waals surface area (Å²) in [5.74, 6) is -0.704. The second-order valence-corrected chi connectivity index (χ2v) is 8.17. The highest BCUT2D eigenvalue weighted by Crippen LogP contribution is 2.44. The molecule has 9 heteroatoms. The Bertz CT molecular complexity index is 1390. The number of hydrogen-bond acceptors (Lipinski definition) is 8. The van der Waals surface area contributed by atoms with Gasteiger partial charge in [-0.3, -0.25) is 19.5 Å². The Kier molecular flexibility index (Phi) is 4.75. The van der Waals surface area contributed by atoms with Gasteiger partial charge in [0.15, 0.2) is 16.7 Å². The van der Waals surface area contributed by atoms with Crippen LogP contribution in [0.3, 0.4) is 0 Å². The number of pyridine rings is 1. The lowest BCUT2D eigenvalue weighted by Crippen LogP contribution is -2.31. The minimum atomic E-state index is -0.955. The average Bonchev–Trinajstić information content (AvgIpc) is 3.49. The fourth-order valence-electron chi connectivity index (χ4n) is 3.66. The van der Waals surface area contributed by atoms with Crippen LogP contribution < -0.4 is 9.64 Å². The van der Waals surface area contributed by atoms with Gasteiger partial charge in [-0.1, -0.05) is 17.4 Å². The maximum atomic E-state index is 13.3. The Morgan fingerprint density at radius 1 is 1.22 bits per heavy atom. The number of Topliss-reactive ketones (excluding diaryl/α,β-unsaturated/α-hetero) is 1. The summed E-state index contributed by atoms with van der Waals surface area (Å²) in [5.41, 5.74) is 0.993. The molecule has 0 saturated heterocycles. The number of aliphatic hydroxyl groups is 1. The molecule has 0 aliphatic carbocycles. The molecule has 1 aromatic carbocycles. The SMILES string of the molecule is COc1ccc2nc(N3C(=O)C(O)=C(C(=O)c4ccc(C)o4)C3c3ccccn3)sc2c1. The zero-order chi connectivity index (χ0) is 22.4. The highest BCUT2D eigenvalue weighted by Gasteiger charge is 2.47. The number of hydrogen-bond donors (Lipinski definition) is 1. The number of fused-ring (bicyclic) bond motifs is 1. The third-order valence-electron chi connectivity index (χ3n) is 5.18. The van der Waals surface area contributed by atoms with Crippen LogP contribution in [0.15, 0.2) is 70.5 Å². The number of carbonyl (C=O) groups excluding carboxylic acids is 2. The monoisotopic (exact) mass is 447 g/mol. The number of aromatic nitrogens is 2. The van der Waals surface area contributed by atoms with Crippen molar-refractivity contribution in [1.82, 2.24) is 9.97 Å². The number of thiazole rings is 1. The maximum absolute atomic E-state index is 13.3. The van der Waals surface area contributed by atoms with E-state index in [1.54, 1.807) is 56.6 Å². The summed E-state index contributed by atoms with van der Waals surface area (Å²) in [6, 6.07) is 12.8. The maximum Gasteiger partial charge on any atom is 0.296 e. The van der Waals surface area contributed by atoms with E-state index in [0.717, 1.165) is 4.70 Å². The van der Waals surface area contributed by atoms with Crippen molar-refractivity contribution in [2.24, 2.45) is 0 Å². The normalized spacial score (nSPS) is 16.2. The van der Waals surface area contributed by atoms with Gasteiger partial charge in [0.25, 0.3) is 5.91 Å². The van der Waals surface area contributed by atoms with Crippen LogP contribution in [-0.2, 0) is 4.79 Å². The Morgan fingerprint density at radius 2 is 2.06 bits per heavy atom. The molecule has 1 aliphatic rings. The number of ketones is 1. The average molecular weight is 447 g/mol. The Hall–Kier alpha value is -3.98. The van der Waals surface area contributed by atoms with Gasteiger partial charge in [-0.25, -0.2) is 4.98 Å². The number of nitrogens with zero attached hydrogens (tertiary/aromatic N) is 3. The number of anilines is 1. The van der Waals surface area contributed by atoms with Crippen molar-refractivity contribution in [2.75, 3.05) is 12.0 Å². The molecule has 0 spiro atoms. The molecule has 4 heterocycles. The number of aryl methyl sites for hydroxylation is 1. The molecule has 160 valence electrons. The number of benzene rings is 1. The summed E-state index contributed by atoms with van der Waals surface area (Å²) in [6.07, 6.45) is 1.57. The molecule has 0 saturated carbocycles. The molecule has 0 bridgehead atoms. The number of ether oxygens (including phenoxy) is 1. The lowest BCUT2D eigenvalue weighted by molar-refractivity contribution is -0.117. The van der Waals surface area contributed by atoms with Crippen LogP contribution in [0.2, 0.25) is 0 Å². The van der Waals surface area contributed by atoms with Gasteiger partial charge in [0, 0.05) is 6.20 Å². The van der Waals surface area contributed by atoms with Crippen LogP contribution in [0.5, 0.6) is 5.75 Å². The van der Waals surface area contributed by atoms with Crippen LogP contribution in [0.1, 0.15) is 28.1 Å². The first-order valence-electron chi connectivity index (χ1n) is 9.71. The topological polar surface area (TPSA) is 106 Å². The van der Waals surface area contributed by atoms with Crippen LogP contribution in [0, 0.1) is 6.92 Å². The molecule has 1 N–H and O–H groups in total. The van der Waals surface area contributed by atoms with Crippen molar-refractivity contribution in [3.8, 4) is 5.75 Å². The minimum Gasteiger partial charge on any atom is -0.503 e. The number of amides is 1. The van der Waals surface area contributed by atoms with Crippen LogP contribution in [-0.4, -0.2) is 33.9 Å². The molecule has 1 atom stereocenters. The molecular formula is C23H17N3O5S. The number of aliphatic hydroxyl groups excluding tert-OH is 1. The Balaban J connectivity index is 1.66. The summed E-state index contributed by atoms with van der Waals surface area (Å²) in [6.45, 7) is 1.71. The van der Waals surface area contributed by atoms with Crippen molar-refractivity contribution in [1.29, 1.82) is 0 Å². The smallest absolute Gasteiger partial charge is 0.296 e. The molecule has 5 rings (SSSR count). The van der Waals surface area contributed by atoms with Crippen molar-refractivity contribution in [2.45, 2.75) is 13.0 Å². The summed E-state index contributed by atoms with van der Waals surface area (Å²) < 4.78 is 11.5. The van der Waals surface area contributed by atoms with Gasteiger partial charge >= 0.3 is 0 Å². The number of rotatable bonds is 5. The molecule has 32 heavy (non-hydrogen) atoms. The molecule has 8 nitrogen and oxygen atoms in total. The second-order valence-electron chi connectivity index (χ2n) is 7.16. The van der Waals surface area contributed by atoms with E-state index in [1.807, 2.05) is 6.07 Å². The minimum absolute atomic E-state index is 0.0358.